The third-order valence-corrected chi connectivity index (χ3v) is 2.69. The van der Waals surface area contributed by atoms with Gasteiger partial charge in [0.2, 0.25) is 5.91 Å². The van der Waals surface area contributed by atoms with Crippen LogP contribution in [0.25, 0.3) is 0 Å². The summed E-state index contributed by atoms with van der Waals surface area (Å²) < 4.78 is 0. The maximum atomic E-state index is 10.7. The smallest absolute Gasteiger partial charge is 0.221 e. The van der Waals surface area contributed by atoms with Gasteiger partial charge >= 0.3 is 0 Å². The normalized spacial score (nSPS) is 12.7. The van der Waals surface area contributed by atoms with E-state index in [1.54, 1.807) is 11.3 Å². The average Bonchev–Trinajstić information content (AvgIpc) is 2.56. The van der Waals surface area contributed by atoms with Gasteiger partial charge in [-0.2, -0.15) is 0 Å². The van der Waals surface area contributed by atoms with E-state index in [9.17, 15) is 4.79 Å². The Bertz CT molecular complexity index is 259. The standard InChI is InChI=1S/C9H14N2OS/c1-7(9(10)12)5-11-6-8-3-2-4-13-8/h2-4,7,11H,5-6H2,1H3,(H2,10,12). The van der Waals surface area contributed by atoms with Crippen molar-refractivity contribution in [3.05, 3.63) is 22.4 Å². The van der Waals surface area contributed by atoms with Crippen molar-refractivity contribution in [2.45, 2.75) is 13.5 Å². The van der Waals surface area contributed by atoms with Crippen LogP contribution >= 0.6 is 11.3 Å². The Labute approximate surface area is 81.9 Å². The van der Waals surface area contributed by atoms with Crippen molar-refractivity contribution in [2.24, 2.45) is 11.7 Å². The highest BCUT2D eigenvalue weighted by atomic mass is 32.1. The van der Waals surface area contributed by atoms with Gasteiger partial charge in [0.15, 0.2) is 0 Å². The predicted molar refractivity (Wildman–Crippen MR) is 54.4 cm³/mol. The zero-order valence-corrected chi connectivity index (χ0v) is 8.43. The fraction of sp³-hybridized carbons (Fsp3) is 0.444. The van der Waals surface area contributed by atoms with E-state index in [0.717, 1.165) is 6.54 Å². The Morgan fingerprint density at radius 3 is 3.08 bits per heavy atom. The van der Waals surface area contributed by atoms with Crippen LogP contribution in [0.1, 0.15) is 11.8 Å². The molecule has 0 spiro atoms. The van der Waals surface area contributed by atoms with Gasteiger partial charge in [-0.25, -0.2) is 0 Å². The Morgan fingerprint density at radius 2 is 2.54 bits per heavy atom. The van der Waals surface area contributed by atoms with Gasteiger partial charge in [-0.3, -0.25) is 4.79 Å². The van der Waals surface area contributed by atoms with E-state index in [0.29, 0.717) is 6.54 Å². The highest BCUT2D eigenvalue weighted by Gasteiger charge is 2.06. The average molecular weight is 198 g/mol. The second-order valence-corrected chi connectivity index (χ2v) is 4.05. The minimum atomic E-state index is -0.251. The minimum Gasteiger partial charge on any atom is -0.369 e. The zero-order chi connectivity index (χ0) is 9.68. The molecule has 0 aliphatic carbocycles. The van der Waals surface area contributed by atoms with Gasteiger partial charge in [0, 0.05) is 23.9 Å². The molecule has 4 heteroatoms. The summed E-state index contributed by atoms with van der Waals surface area (Å²) in [5, 5.41) is 5.21. The minimum absolute atomic E-state index is 0.0973. The van der Waals surface area contributed by atoms with Crippen molar-refractivity contribution in [1.29, 1.82) is 0 Å². The van der Waals surface area contributed by atoms with Crippen LogP contribution in [-0.4, -0.2) is 12.5 Å². The van der Waals surface area contributed by atoms with Crippen LogP contribution < -0.4 is 11.1 Å². The molecule has 0 aliphatic heterocycles. The lowest BCUT2D eigenvalue weighted by atomic mass is 10.2. The summed E-state index contributed by atoms with van der Waals surface area (Å²) in [6.45, 7) is 3.28. The summed E-state index contributed by atoms with van der Waals surface area (Å²) in [6, 6.07) is 4.08. The van der Waals surface area contributed by atoms with E-state index >= 15 is 0 Å². The largest absolute Gasteiger partial charge is 0.369 e. The van der Waals surface area contributed by atoms with E-state index in [1.165, 1.54) is 4.88 Å². The first-order valence-corrected chi connectivity index (χ1v) is 5.10. The van der Waals surface area contributed by atoms with Crippen molar-refractivity contribution in [1.82, 2.24) is 5.32 Å². The quantitative estimate of drug-likeness (QED) is 0.740. The number of carbonyl (C=O) groups excluding carboxylic acids is 1. The lowest BCUT2D eigenvalue weighted by Gasteiger charge is -2.07. The van der Waals surface area contributed by atoms with Crippen molar-refractivity contribution < 1.29 is 4.79 Å². The van der Waals surface area contributed by atoms with Crippen molar-refractivity contribution in [2.75, 3.05) is 6.54 Å². The molecule has 3 N–H and O–H groups in total. The predicted octanol–water partition coefficient (Wildman–Crippen LogP) is 0.959. The number of hydrogen-bond donors (Lipinski definition) is 2. The Kier molecular flexibility index (Phi) is 3.92. The van der Waals surface area contributed by atoms with Gasteiger partial charge in [0.1, 0.15) is 0 Å². The number of primary amides is 1. The van der Waals surface area contributed by atoms with Crippen LogP contribution in [0, 0.1) is 5.92 Å². The summed E-state index contributed by atoms with van der Waals surface area (Å²) in [7, 11) is 0. The van der Waals surface area contributed by atoms with Crippen LogP contribution in [-0.2, 0) is 11.3 Å². The molecular formula is C9H14N2OS. The molecule has 1 aromatic rings. The molecular weight excluding hydrogens is 184 g/mol. The fourth-order valence-electron chi connectivity index (χ4n) is 0.926. The number of hydrogen-bond acceptors (Lipinski definition) is 3. The van der Waals surface area contributed by atoms with Gasteiger partial charge in [-0.1, -0.05) is 13.0 Å². The summed E-state index contributed by atoms with van der Waals surface area (Å²) in [5.74, 6) is -0.348. The number of thiophene rings is 1. The second kappa shape index (κ2) is 4.99. The molecule has 1 unspecified atom stereocenters. The summed E-state index contributed by atoms with van der Waals surface area (Å²) in [6.07, 6.45) is 0. The number of rotatable bonds is 5. The maximum absolute atomic E-state index is 10.7. The van der Waals surface area contributed by atoms with E-state index in [1.807, 2.05) is 18.4 Å². The molecule has 3 nitrogen and oxygen atoms in total. The molecule has 1 amide bonds. The SMILES string of the molecule is CC(CNCc1cccs1)C(N)=O. The molecule has 0 fully saturated rings. The summed E-state index contributed by atoms with van der Waals surface area (Å²) in [4.78, 5) is 12.0. The molecule has 72 valence electrons. The Hall–Kier alpha value is -0.870. The number of nitrogens with two attached hydrogens (primary N) is 1. The number of amides is 1. The Morgan fingerprint density at radius 1 is 1.77 bits per heavy atom. The Balaban J connectivity index is 2.18. The first-order valence-electron chi connectivity index (χ1n) is 4.22. The van der Waals surface area contributed by atoms with Crippen LogP contribution in [0.3, 0.4) is 0 Å². The van der Waals surface area contributed by atoms with Gasteiger partial charge in [-0.15, -0.1) is 11.3 Å². The molecule has 0 radical (unpaired) electrons. The van der Waals surface area contributed by atoms with Crippen LogP contribution in [0.2, 0.25) is 0 Å². The highest BCUT2D eigenvalue weighted by molar-refractivity contribution is 7.09. The van der Waals surface area contributed by atoms with E-state index in [-0.39, 0.29) is 11.8 Å². The summed E-state index contributed by atoms with van der Waals surface area (Å²) in [5.41, 5.74) is 5.12. The first kappa shape index (κ1) is 10.2. The topological polar surface area (TPSA) is 55.1 Å². The summed E-state index contributed by atoms with van der Waals surface area (Å²) >= 11 is 1.70. The molecule has 13 heavy (non-hydrogen) atoms. The molecule has 0 saturated heterocycles. The molecule has 1 heterocycles. The lowest BCUT2D eigenvalue weighted by molar-refractivity contribution is -0.121. The van der Waals surface area contributed by atoms with Crippen molar-refractivity contribution in [3.63, 3.8) is 0 Å². The van der Waals surface area contributed by atoms with E-state index in [2.05, 4.69) is 11.4 Å². The second-order valence-electron chi connectivity index (χ2n) is 3.01. The molecule has 0 aliphatic rings. The monoisotopic (exact) mass is 198 g/mol. The fourth-order valence-corrected chi connectivity index (χ4v) is 1.60. The van der Waals surface area contributed by atoms with Crippen LogP contribution in [0.15, 0.2) is 17.5 Å². The molecule has 1 rings (SSSR count). The number of carbonyl (C=O) groups is 1. The third kappa shape index (κ3) is 3.57. The highest BCUT2D eigenvalue weighted by Crippen LogP contribution is 2.07. The van der Waals surface area contributed by atoms with Gasteiger partial charge < -0.3 is 11.1 Å². The van der Waals surface area contributed by atoms with E-state index in [4.69, 9.17) is 5.73 Å². The van der Waals surface area contributed by atoms with Crippen LogP contribution in [0.4, 0.5) is 0 Å². The van der Waals surface area contributed by atoms with Crippen molar-refractivity contribution >= 4 is 17.2 Å². The third-order valence-electron chi connectivity index (χ3n) is 1.82. The molecule has 0 aromatic carbocycles. The first-order chi connectivity index (χ1) is 6.20. The van der Waals surface area contributed by atoms with E-state index < -0.39 is 0 Å². The van der Waals surface area contributed by atoms with Gasteiger partial charge in [0.05, 0.1) is 0 Å². The number of nitrogens with one attached hydrogen (secondary N) is 1. The van der Waals surface area contributed by atoms with Crippen LogP contribution in [0.5, 0.6) is 0 Å². The van der Waals surface area contributed by atoms with Crippen molar-refractivity contribution in [3.8, 4) is 0 Å². The molecule has 0 bridgehead atoms. The maximum Gasteiger partial charge on any atom is 0.221 e. The molecule has 0 saturated carbocycles. The molecule has 1 atom stereocenters. The van der Waals surface area contributed by atoms with Gasteiger partial charge in [0.25, 0.3) is 0 Å². The van der Waals surface area contributed by atoms with Gasteiger partial charge in [-0.05, 0) is 11.4 Å². The lowest BCUT2D eigenvalue weighted by Crippen LogP contribution is -2.30. The molecule has 1 aromatic heterocycles. The zero-order valence-electron chi connectivity index (χ0n) is 7.62.